The van der Waals surface area contributed by atoms with Crippen molar-refractivity contribution >= 4 is 27.3 Å². The summed E-state index contributed by atoms with van der Waals surface area (Å²) in [5.74, 6) is 0.172. The van der Waals surface area contributed by atoms with Crippen LogP contribution in [0.5, 0.6) is 0 Å². The van der Waals surface area contributed by atoms with E-state index in [0.29, 0.717) is 6.54 Å². The van der Waals surface area contributed by atoms with E-state index in [4.69, 9.17) is 10.1 Å². The molecule has 0 bridgehead atoms. The minimum atomic E-state index is 0.00909. The van der Waals surface area contributed by atoms with Gasteiger partial charge in [0, 0.05) is 25.2 Å². The normalized spacial score (nSPS) is 16.3. The maximum absolute atomic E-state index is 12.8. The molecule has 1 aliphatic rings. The van der Waals surface area contributed by atoms with Crippen molar-refractivity contribution in [3.63, 3.8) is 0 Å². The zero-order valence-electron chi connectivity index (χ0n) is 18.9. The first-order valence-corrected chi connectivity index (χ1v) is 12.5. The molecule has 170 valence electrons. The first-order valence-electron chi connectivity index (χ1n) is 11.7. The van der Waals surface area contributed by atoms with E-state index in [0.717, 1.165) is 60.1 Å². The lowest BCUT2D eigenvalue weighted by Crippen LogP contribution is -2.43. The van der Waals surface area contributed by atoms with Crippen molar-refractivity contribution in [1.29, 1.82) is 0 Å². The van der Waals surface area contributed by atoms with Gasteiger partial charge in [-0.3, -0.25) is 4.79 Å². The molecule has 2 aromatic heterocycles. The molecule has 1 fully saturated rings. The first-order chi connectivity index (χ1) is 16.2. The Morgan fingerprint density at radius 3 is 2.76 bits per heavy atom. The number of anilines is 1. The molecule has 33 heavy (non-hydrogen) atoms. The molecule has 1 aliphatic heterocycles. The van der Waals surface area contributed by atoms with Gasteiger partial charge in [0.2, 0.25) is 16.0 Å². The second kappa shape index (κ2) is 9.75. The number of aryl methyl sites for hydroxylation is 2. The van der Waals surface area contributed by atoms with Gasteiger partial charge in [-0.2, -0.15) is 0 Å². The minimum Gasteiger partial charge on any atom is -0.356 e. The molecule has 4 aromatic rings. The number of amides is 1. The van der Waals surface area contributed by atoms with Crippen LogP contribution in [-0.4, -0.2) is 40.1 Å². The van der Waals surface area contributed by atoms with Crippen LogP contribution in [0.15, 0.2) is 60.8 Å². The van der Waals surface area contributed by atoms with Crippen LogP contribution in [0.2, 0.25) is 0 Å². The zero-order chi connectivity index (χ0) is 22.6. The third-order valence-electron chi connectivity index (χ3n) is 6.23. The average Bonchev–Trinajstić information content (AvgIpc) is 3.43. The summed E-state index contributed by atoms with van der Waals surface area (Å²) < 4.78 is 1.86. The fourth-order valence-corrected chi connectivity index (χ4v) is 5.26. The van der Waals surface area contributed by atoms with Crippen molar-refractivity contribution in [1.82, 2.24) is 19.9 Å². The number of nitrogens with zero attached hydrogens (tertiary/aromatic N) is 4. The lowest BCUT2D eigenvalue weighted by molar-refractivity contribution is -0.125. The Labute approximate surface area is 198 Å². The predicted molar refractivity (Wildman–Crippen MR) is 134 cm³/mol. The van der Waals surface area contributed by atoms with E-state index in [1.165, 1.54) is 11.1 Å². The van der Waals surface area contributed by atoms with Gasteiger partial charge in [0.1, 0.15) is 0 Å². The molecule has 1 atom stereocenters. The van der Waals surface area contributed by atoms with Crippen molar-refractivity contribution in [2.24, 2.45) is 5.92 Å². The number of fused-ring (bicyclic) bond motifs is 1. The van der Waals surface area contributed by atoms with E-state index in [1.54, 1.807) is 11.3 Å². The molecule has 2 aromatic carbocycles. The van der Waals surface area contributed by atoms with E-state index in [-0.39, 0.29) is 11.8 Å². The maximum Gasteiger partial charge on any atom is 0.224 e. The summed E-state index contributed by atoms with van der Waals surface area (Å²) in [6.07, 6.45) is 5.86. The summed E-state index contributed by atoms with van der Waals surface area (Å²) >= 11 is 1.59. The molecule has 1 amide bonds. The van der Waals surface area contributed by atoms with Gasteiger partial charge >= 0.3 is 0 Å². The van der Waals surface area contributed by atoms with Crippen LogP contribution in [-0.2, 0) is 11.2 Å². The zero-order valence-corrected chi connectivity index (χ0v) is 19.7. The topological polar surface area (TPSA) is 62.5 Å². The van der Waals surface area contributed by atoms with Gasteiger partial charge in [0.05, 0.1) is 17.8 Å². The van der Waals surface area contributed by atoms with E-state index >= 15 is 0 Å². The van der Waals surface area contributed by atoms with Crippen LogP contribution in [0, 0.1) is 12.8 Å². The Morgan fingerprint density at radius 1 is 1.15 bits per heavy atom. The van der Waals surface area contributed by atoms with Crippen molar-refractivity contribution in [2.75, 3.05) is 24.5 Å². The number of imidazole rings is 1. The second-order valence-corrected chi connectivity index (χ2v) is 9.70. The third-order valence-corrected chi connectivity index (χ3v) is 7.21. The van der Waals surface area contributed by atoms with Crippen LogP contribution in [0.1, 0.15) is 30.4 Å². The van der Waals surface area contributed by atoms with Crippen molar-refractivity contribution in [3.05, 3.63) is 71.9 Å². The van der Waals surface area contributed by atoms with Crippen molar-refractivity contribution in [2.45, 2.75) is 32.6 Å². The highest BCUT2D eigenvalue weighted by Gasteiger charge is 2.27. The molecular formula is C26H29N5OS. The number of piperidine rings is 1. The average molecular weight is 460 g/mol. The van der Waals surface area contributed by atoms with Gasteiger partial charge in [0.25, 0.3) is 0 Å². The molecule has 0 spiro atoms. The molecule has 1 saturated heterocycles. The maximum atomic E-state index is 12.8. The van der Waals surface area contributed by atoms with Crippen molar-refractivity contribution < 1.29 is 4.79 Å². The van der Waals surface area contributed by atoms with Gasteiger partial charge in [-0.25, -0.2) is 9.50 Å². The number of carbonyl (C=O) groups excluding carboxylic acids is 1. The predicted octanol–water partition coefficient (Wildman–Crippen LogP) is 4.73. The highest BCUT2D eigenvalue weighted by Crippen LogP contribution is 2.30. The summed E-state index contributed by atoms with van der Waals surface area (Å²) in [4.78, 5) is 20.7. The number of hydrogen-bond acceptors (Lipinski definition) is 5. The van der Waals surface area contributed by atoms with Crippen LogP contribution >= 0.6 is 11.3 Å². The SMILES string of the molecule is Cc1ccc(-c2cn3nc(N4CCC[C@@H](C(=O)NCCCc5ccccc5)C4)sc3n2)cc1. The molecule has 7 heteroatoms. The lowest BCUT2D eigenvalue weighted by Gasteiger charge is -2.31. The monoisotopic (exact) mass is 459 g/mol. The molecule has 0 aliphatic carbocycles. The van der Waals surface area contributed by atoms with E-state index in [1.807, 2.05) is 16.8 Å². The molecule has 5 rings (SSSR count). The van der Waals surface area contributed by atoms with Gasteiger partial charge in [-0.05, 0) is 38.2 Å². The fraction of sp³-hybridized carbons (Fsp3) is 0.346. The smallest absolute Gasteiger partial charge is 0.224 e. The van der Waals surface area contributed by atoms with E-state index in [9.17, 15) is 4.79 Å². The van der Waals surface area contributed by atoms with Gasteiger partial charge < -0.3 is 10.2 Å². The van der Waals surface area contributed by atoms with Gasteiger partial charge in [0.15, 0.2) is 0 Å². The summed E-state index contributed by atoms with van der Waals surface area (Å²) in [5.41, 5.74) is 4.59. The number of carbonyl (C=O) groups is 1. The minimum absolute atomic E-state index is 0.00909. The van der Waals surface area contributed by atoms with Crippen LogP contribution < -0.4 is 10.2 Å². The standard InChI is InChI=1S/C26H29N5OS/c1-19-11-13-21(14-12-19)23-18-31-25(28-23)33-26(29-31)30-16-6-10-22(17-30)24(32)27-15-5-9-20-7-3-2-4-8-20/h2-4,7-8,11-14,18,22H,5-6,9-10,15-17H2,1H3,(H,27,32)/t22-/m1/s1. The van der Waals surface area contributed by atoms with E-state index < -0.39 is 0 Å². The highest BCUT2D eigenvalue weighted by molar-refractivity contribution is 7.20. The molecule has 0 radical (unpaired) electrons. The Kier molecular flexibility index (Phi) is 6.39. The van der Waals surface area contributed by atoms with Crippen molar-refractivity contribution in [3.8, 4) is 11.3 Å². The summed E-state index contributed by atoms with van der Waals surface area (Å²) in [5, 5.41) is 8.85. The fourth-order valence-electron chi connectivity index (χ4n) is 4.34. The Balaban J connectivity index is 1.17. The largest absolute Gasteiger partial charge is 0.356 e. The number of hydrogen-bond donors (Lipinski definition) is 1. The molecular weight excluding hydrogens is 430 g/mol. The molecule has 0 saturated carbocycles. The number of nitrogens with one attached hydrogen (secondary N) is 1. The number of rotatable bonds is 7. The Bertz CT molecular complexity index is 1180. The summed E-state index contributed by atoms with van der Waals surface area (Å²) in [6, 6.07) is 18.8. The summed E-state index contributed by atoms with van der Waals surface area (Å²) in [7, 11) is 0. The van der Waals surface area contributed by atoms with Crippen LogP contribution in [0.25, 0.3) is 16.2 Å². The highest BCUT2D eigenvalue weighted by atomic mass is 32.1. The Morgan fingerprint density at radius 2 is 1.97 bits per heavy atom. The van der Waals surface area contributed by atoms with Crippen LogP contribution in [0.4, 0.5) is 5.13 Å². The first kappa shape index (κ1) is 21.6. The quantitative estimate of drug-likeness (QED) is 0.406. The number of benzene rings is 2. The molecule has 6 nitrogen and oxygen atoms in total. The number of aromatic nitrogens is 3. The third kappa shape index (κ3) is 5.09. The van der Waals surface area contributed by atoms with E-state index in [2.05, 4.69) is 65.7 Å². The molecule has 1 N–H and O–H groups in total. The molecule has 0 unspecified atom stereocenters. The van der Waals surface area contributed by atoms with Gasteiger partial charge in [-0.15, -0.1) is 5.10 Å². The second-order valence-electron chi connectivity index (χ2n) is 8.77. The Hall–Kier alpha value is -3.19. The lowest BCUT2D eigenvalue weighted by atomic mass is 9.97. The summed E-state index contributed by atoms with van der Waals surface area (Å²) in [6.45, 7) is 4.45. The molecule has 3 heterocycles. The van der Waals surface area contributed by atoms with Gasteiger partial charge in [-0.1, -0.05) is 71.5 Å². The van der Waals surface area contributed by atoms with Crippen LogP contribution in [0.3, 0.4) is 0 Å².